The van der Waals surface area contributed by atoms with E-state index in [9.17, 15) is 4.79 Å². The van der Waals surface area contributed by atoms with Crippen LogP contribution in [0.5, 0.6) is 0 Å². The molecule has 2 aromatic heterocycles. The van der Waals surface area contributed by atoms with Crippen molar-refractivity contribution in [3.05, 3.63) is 35.2 Å². The van der Waals surface area contributed by atoms with E-state index in [2.05, 4.69) is 10.1 Å². The lowest BCUT2D eigenvalue weighted by atomic mass is 10.2. The molecular weight excluding hydrogens is 266 g/mol. The summed E-state index contributed by atoms with van der Waals surface area (Å²) in [5.41, 5.74) is 2.20. The number of hydrogen-bond acceptors (Lipinski definition) is 4. The van der Waals surface area contributed by atoms with Crippen LogP contribution in [0.4, 0.5) is 0 Å². The lowest BCUT2D eigenvalue weighted by Crippen LogP contribution is -2.15. The predicted octanol–water partition coefficient (Wildman–Crippen LogP) is 2.99. The third-order valence-electron chi connectivity index (χ3n) is 2.69. The second kappa shape index (κ2) is 5.40. The molecule has 0 saturated carbocycles. The molecule has 0 N–H and O–H groups in total. The molecule has 2 rings (SSSR count). The fourth-order valence-electron chi connectivity index (χ4n) is 1.83. The van der Waals surface area contributed by atoms with Crippen LogP contribution in [0.3, 0.4) is 0 Å². The first-order valence-electron chi connectivity index (χ1n) is 5.83. The van der Waals surface area contributed by atoms with Gasteiger partial charge in [0.25, 0.3) is 0 Å². The third-order valence-corrected chi connectivity index (χ3v) is 3.15. The van der Waals surface area contributed by atoms with E-state index in [0.29, 0.717) is 10.7 Å². The number of esters is 1. The Bertz CT molecular complexity index is 595. The zero-order chi connectivity index (χ0) is 14.0. The summed E-state index contributed by atoms with van der Waals surface area (Å²) in [5.74, 6) is -0.360. The lowest BCUT2D eigenvalue weighted by Gasteiger charge is -2.13. The van der Waals surface area contributed by atoms with E-state index in [0.717, 1.165) is 11.3 Å². The second-order valence-corrected chi connectivity index (χ2v) is 4.52. The van der Waals surface area contributed by atoms with E-state index < -0.39 is 6.23 Å². The predicted molar refractivity (Wildman–Crippen MR) is 71.7 cm³/mol. The number of pyridine rings is 1. The molecule has 1 atom stereocenters. The van der Waals surface area contributed by atoms with Gasteiger partial charge in [0.05, 0.1) is 10.7 Å². The van der Waals surface area contributed by atoms with Gasteiger partial charge in [0.15, 0.2) is 6.23 Å². The van der Waals surface area contributed by atoms with Crippen molar-refractivity contribution in [1.82, 2.24) is 14.8 Å². The van der Waals surface area contributed by atoms with Gasteiger partial charge >= 0.3 is 5.97 Å². The maximum Gasteiger partial charge on any atom is 0.304 e. The maximum absolute atomic E-state index is 11.0. The summed E-state index contributed by atoms with van der Waals surface area (Å²) in [6.45, 7) is 4.93. The smallest absolute Gasteiger partial charge is 0.304 e. The Kier molecular flexibility index (Phi) is 3.85. The van der Waals surface area contributed by atoms with Crippen LogP contribution in [0.25, 0.3) is 11.3 Å². The van der Waals surface area contributed by atoms with Crippen molar-refractivity contribution >= 4 is 17.6 Å². The lowest BCUT2D eigenvalue weighted by molar-refractivity contribution is -0.150. The van der Waals surface area contributed by atoms with Crippen molar-refractivity contribution in [2.75, 3.05) is 0 Å². The molecule has 0 aliphatic carbocycles. The van der Waals surface area contributed by atoms with Gasteiger partial charge in [0.2, 0.25) is 0 Å². The molecule has 0 radical (unpaired) electrons. The van der Waals surface area contributed by atoms with Crippen LogP contribution in [-0.2, 0) is 9.53 Å². The minimum atomic E-state index is -0.500. The minimum absolute atomic E-state index is 0.360. The van der Waals surface area contributed by atoms with Crippen LogP contribution < -0.4 is 0 Å². The Morgan fingerprint density at radius 1 is 1.53 bits per heavy atom. The molecule has 6 heteroatoms. The molecule has 100 valence electrons. The van der Waals surface area contributed by atoms with Gasteiger partial charge in [-0.1, -0.05) is 11.6 Å². The SMILES string of the molecule is CC(=O)OC(C)n1nc(-c2cccnc2)c(Cl)c1C. The van der Waals surface area contributed by atoms with Crippen molar-refractivity contribution in [2.45, 2.75) is 27.0 Å². The molecule has 0 saturated heterocycles. The van der Waals surface area contributed by atoms with Gasteiger partial charge in [0.1, 0.15) is 5.69 Å². The minimum Gasteiger partial charge on any atom is -0.440 e. The molecule has 5 nitrogen and oxygen atoms in total. The zero-order valence-corrected chi connectivity index (χ0v) is 11.7. The van der Waals surface area contributed by atoms with Crippen LogP contribution in [0.2, 0.25) is 5.02 Å². The van der Waals surface area contributed by atoms with Gasteiger partial charge in [-0.05, 0) is 26.0 Å². The van der Waals surface area contributed by atoms with E-state index in [4.69, 9.17) is 16.3 Å². The van der Waals surface area contributed by atoms with Crippen molar-refractivity contribution in [3.63, 3.8) is 0 Å². The molecule has 1 unspecified atom stereocenters. The molecule has 0 aliphatic rings. The fourth-order valence-corrected chi connectivity index (χ4v) is 2.06. The molecule has 0 spiro atoms. The number of rotatable bonds is 3. The third kappa shape index (κ3) is 2.76. The molecule has 19 heavy (non-hydrogen) atoms. The largest absolute Gasteiger partial charge is 0.440 e. The number of ether oxygens (including phenoxy) is 1. The molecule has 2 aromatic rings. The van der Waals surface area contributed by atoms with E-state index >= 15 is 0 Å². The Morgan fingerprint density at radius 3 is 2.84 bits per heavy atom. The van der Waals surface area contributed by atoms with Gasteiger partial charge in [-0.3, -0.25) is 9.78 Å². The molecular formula is C13H14ClN3O2. The molecule has 0 aromatic carbocycles. The normalized spacial score (nSPS) is 12.2. The molecule has 0 aliphatic heterocycles. The highest BCUT2D eigenvalue weighted by Crippen LogP contribution is 2.30. The monoisotopic (exact) mass is 279 g/mol. The van der Waals surface area contributed by atoms with Crippen molar-refractivity contribution in [2.24, 2.45) is 0 Å². The number of nitrogens with zero attached hydrogens (tertiary/aromatic N) is 3. The number of halogens is 1. The number of aromatic nitrogens is 3. The summed E-state index contributed by atoms with van der Waals surface area (Å²) in [6, 6.07) is 3.69. The second-order valence-electron chi connectivity index (χ2n) is 4.14. The van der Waals surface area contributed by atoms with E-state index in [1.165, 1.54) is 6.92 Å². The van der Waals surface area contributed by atoms with E-state index in [-0.39, 0.29) is 5.97 Å². The maximum atomic E-state index is 11.0. The standard InChI is InChI=1S/C13H14ClN3O2/c1-8-12(14)13(11-5-4-6-15-7-11)16-17(8)9(2)19-10(3)18/h4-7,9H,1-3H3. The van der Waals surface area contributed by atoms with E-state index in [1.807, 2.05) is 19.1 Å². The Hall–Kier alpha value is -1.88. The summed E-state index contributed by atoms with van der Waals surface area (Å²) in [4.78, 5) is 15.0. The zero-order valence-electron chi connectivity index (χ0n) is 10.9. The van der Waals surface area contributed by atoms with Gasteiger partial charge in [-0.2, -0.15) is 5.10 Å². The van der Waals surface area contributed by atoms with Gasteiger partial charge in [-0.25, -0.2) is 4.68 Å². The average molecular weight is 280 g/mol. The molecule has 0 bridgehead atoms. The summed E-state index contributed by atoms with van der Waals surface area (Å²) in [7, 11) is 0. The van der Waals surface area contributed by atoms with Crippen molar-refractivity contribution in [1.29, 1.82) is 0 Å². The number of hydrogen-bond donors (Lipinski definition) is 0. The highest BCUT2D eigenvalue weighted by molar-refractivity contribution is 6.33. The fraction of sp³-hybridized carbons (Fsp3) is 0.308. The van der Waals surface area contributed by atoms with Crippen LogP contribution in [0.15, 0.2) is 24.5 Å². The van der Waals surface area contributed by atoms with Crippen LogP contribution in [0.1, 0.15) is 25.8 Å². The molecule has 2 heterocycles. The van der Waals surface area contributed by atoms with Crippen LogP contribution >= 0.6 is 11.6 Å². The summed E-state index contributed by atoms with van der Waals surface area (Å²) >= 11 is 6.28. The van der Waals surface area contributed by atoms with Gasteiger partial charge in [0, 0.05) is 24.9 Å². The van der Waals surface area contributed by atoms with Crippen LogP contribution in [0, 0.1) is 6.92 Å². The summed E-state index contributed by atoms with van der Waals surface area (Å²) in [6.07, 6.45) is 2.87. The first-order valence-corrected chi connectivity index (χ1v) is 6.20. The topological polar surface area (TPSA) is 57.0 Å². The van der Waals surface area contributed by atoms with Crippen molar-refractivity contribution in [3.8, 4) is 11.3 Å². The first kappa shape index (κ1) is 13.5. The summed E-state index contributed by atoms with van der Waals surface area (Å²) in [5, 5.41) is 4.93. The molecule has 0 amide bonds. The number of carbonyl (C=O) groups excluding carboxylic acids is 1. The molecule has 0 fully saturated rings. The highest BCUT2D eigenvalue weighted by atomic mass is 35.5. The Labute approximate surface area is 116 Å². The highest BCUT2D eigenvalue weighted by Gasteiger charge is 2.19. The van der Waals surface area contributed by atoms with Gasteiger partial charge < -0.3 is 4.74 Å². The Balaban J connectivity index is 2.41. The van der Waals surface area contributed by atoms with Crippen LogP contribution in [-0.4, -0.2) is 20.7 Å². The first-order chi connectivity index (χ1) is 9.00. The average Bonchev–Trinajstić information content (AvgIpc) is 2.67. The van der Waals surface area contributed by atoms with E-state index in [1.54, 1.807) is 24.0 Å². The quantitative estimate of drug-likeness (QED) is 0.811. The summed E-state index contributed by atoms with van der Waals surface area (Å²) < 4.78 is 6.70. The number of carbonyl (C=O) groups is 1. The van der Waals surface area contributed by atoms with Crippen molar-refractivity contribution < 1.29 is 9.53 Å². The Morgan fingerprint density at radius 2 is 2.26 bits per heavy atom. The van der Waals surface area contributed by atoms with Gasteiger partial charge in [-0.15, -0.1) is 0 Å².